The normalized spacial score (nSPS) is 15.4. The maximum absolute atomic E-state index is 12.7. The third-order valence-corrected chi connectivity index (χ3v) is 6.70. The first-order chi connectivity index (χ1) is 15.2. The molecule has 31 heavy (non-hydrogen) atoms. The molecule has 4 rings (SSSR count). The maximum atomic E-state index is 12.7. The fraction of sp³-hybridized carbons (Fsp3) is 0.375. The van der Waals surface area contributed by atoms with Crippen LogP contribution in [-0.4, -0.2) is 33.0 Å². The molecule has 7 heteroatoms. The number of amides is 1. The van der Waals surface area contributed by atoms with Gasteiger partial charge in [0, 0.05) is 17.3 Å². The first kappa shape index (κ1) is 21.4. The van der Waals surface area contributed by atoms with Crippen LogP contribution >= 0.6 is 11.8 Å². The van der Waals surface area contributed by atoms with Crippen molar-refractivity contribution < 1.29 is 9.53 Å². The van der Waals surface area contributed by atoms with Crippen molar-refractivity contribution in [2.24, 2.45) is 0 Å². The van der Waals surface area contributed by atoms with Crippen LogP contribution < -0.4 is 10.1 Å². The molecule has 1 aliphatic rings. The number of aromatic nitrogens is 3. The van der Waals surface area contributed by atoms with Crippen molar-refractivity contribution in [3.05, 3.63) is 54.6 Å². The van der Waals surface area contributed by atoms with E-state index in [1.165, 1.54) is 31.0 Å². The number of carbonyl (C=O) groups is 1. The molecule has 162 valence electrons. The molecular weight excluding hydrogens is 408 g/mol. The number of hydrogen-bond donors (Lipinski definition) is 1. The van der Waals surface area contributed by atoms with Crippen LogP contribution in [0.15, 0.2) is 59.8 Å². The van der Waals surface area contributed by atoms with Gasteiger partial charge in [-0.25, -0.2) is 0 Å². The molecule has 1 saturated carbocycles. The second-order valence-corrected chi connectivity index (χ2v) is 9.12. The molecule has 6 nitrogen and oxygen atoms in total. The molecule has 3 aromatic rings. The number of carbonyl (C=O) groups excluding carboxylic acids is 1. The number of hydrogen-bond acceptors (Lipinski definition) is 5. The lowest BCUT2D eigenvalue weighted by atomic mass is 9.95. The number of ether oxygens (including phenoxy) is 1. The van der Waals surface area contributed by atoms with Crippen molar-refractivity contribution in [1.29, 1.82) is 0 Å². The van der Waals surface area contributed by atoms with Crippen LogP contribution in [0.1, 0.15) is 45.1 Å². The number of methoxy groups -OCH3 is 1. The molecule has 1 amide bonds. The zero-order chi connectivity index (χ0) is 21.6. The topological polar surface area (TPSA) is 69.0 Å². The lowest BCUT2D eigenvalue weighted by molar-refractivity contribution is -0.115. The van der Waals surface area contributed by atoms with Crippen LogP contribution in [0, 0.1) is 0 Å². The zero-order valence-electron chi connectivity index (χ0n) is 18.0. The van der Waals surface area contributed by atoms with Gasteiger partial charge in [-0.15, -0.1) is 10.2 Å². The fourth-order valence-electron chi connectivity index (χ4n) is 3.94. The first-order valence-electron chi connectivity index (χ1n) is 10.8. The molecule has 1 atom stereocenters. The summed E-state index contributed by atoms with van der Waals surface area (Å²) in [4.78, 5) is 12.7. The minimum atomic E-state index is -0.296. The second-order valence-electron chi connectivity index (χ2n) is 7.81. The van der Waals surface area contributed by atoms with E-state index in [0.717, 1.165) is 40.8 Å². The molecule has 2 aromatic carbocycles. The summed E-state index contributed by atoms with van der Waals surface area (Å²) in [6.07, 6.45) is 5.91. The van der Waals surface area contributed by atoms with Crippen molar-refractivity contribution in [3.63, 3.8) is 0 Å². The molecule has 0 spiro atoms. The summed E-state index contributed by atoms with van der Waals surface area (Å²) >= 11 is 1.47. The Bertz CT molecular complexity index is 998. The van der Waals surface area contributed by atoms with Crippen LogP contribution in [-0.2, 0) is 4.79 Å². The van der Waals surface area contributed by atoms with E-state index in [9.17, 15) is 4.79 Å². The Labute approximate surface area is 187 Å². The van der Waals surface area contributed by atoms with E-state index >= 15 is 0 Å². The van der Waals surface area contributed by atoms with Crippen molar-refractivity contribution in [2.45, 2.75) is 55.5 Å². The van der Waals surface area contributed by atoms with Gasteiger partial charge >= 0.3 is 0 Å². The number of rotatable bonds is 7. The van der Waals surface area contributed by atoms with Gasteiger partial charge in [0.25, 0.3) is 0 Å². The van der Waals surface area contributed by atoms with E-state index in [1.807, 2.05) is 61.5 Å². The standard InChI is InChI=1S/C24H28N4O2S/c1-17(23(29)25-19-9-5-3-6-10-19)31-24-27-26-22(18-13-15-21(30-2)16-14-18)28(24)20-11-7-4-8-12-20/h3,5-6,9-10,13-17,20H,4,7-8,11-12H2,1-2H3,(H,25,29)/t17-/m0/s1. The predicted molar refractivity (Wildman–Crippen MR) is 125 cm³/mol. The van der Waals surface area contributed by atoms with E-state index in [1.54, 1.807) is 7.11 Å². The lowest BCUT2D eigenvalue weighted by Gasteiger charge is -2.26. The average Bonchev–Trinajstić information content (AvgIpc) is 3.23. The third-order valence-electron chi connectivity index (χ3n) is 5.65. The SMILES string of the molecule is COc1ccc(-c2nnc(S[C@@H](C)C(=O)Nc3ccccc3)n2C2CCCCC2)cc1. The second kappa shape index (κ2) is 10.0. The minimum Gasteiger partial charge on any atom is -0.497 e. The number of benzene rings is 2. The summed E-state index contributed by atoms with van der Waals surface area (Å²) in [5.74, 6) is 1.63. The molecule has 0 saturated heterocycles. The van der Waals surface area contributed by atoms with Gasteiger partial charge in [-0.05, 0) is 56.2 Å². The molecule has 1 N–H and O–H groups in total. The van der Waals surface area contributed by atoms with Crippen molar-refractivity contribution in [3.8, 4) is 17.1 Å². The number of nitrogens with zero attached hydrogens (tertiary/aromatic N) is 3. The zero-order valence-corrected chi connectivity index (χ0v) is 18.8. The molecule has 0 unspecified atom stereocenters. The molecule has 1 aliphatic carbocycles. The quantitative estimate of drug-likeness (QED) is 0.490. The Hall–Kier alpha value is -2.80. The van der Waals surface area contributed by atoms with Crippen molar-refractivity contribution >= 4 is 23.4 Å². The lowest BCUT2D eigenvalue weighted by Crippen LogP contribution is -2.23. The Morgan fingerprint density at radius 2 is 1.77 bits per heavy atom. The van der Waals surface area contributed by atoms with Crippen LogP contribution in [0.4, 0.5) is 5.69 Å². The molecule has 1 aromatic heterocycles. The van der Waals surface area contributed by atoms with E-state index < -0.39 is 0 Å². The Morgan fingerprint density at radius 1 is 1.06 bits per heavy atom. The number of anilines is 1. The molecule has 0 radical (unpaired) electrons. The highest BCUT2D eigenvalue weighted by Crippen LogP contribution is 2.37. The summed E-state index contributed by atoms with van der Waals surface area (Å²) < 4.78 is 7.54. The van der Waals surface area contributed by atoms with Gasteiger partial charge < -0.3 is 10.1 Å². The average molecular weight is 437 g/mol. The van der Waals surface area contributed by atoms with Gasteiger partial charge in [-0.1, -0.05) is 49.2 Å². The van der Waals surface area contributed by atoms with Gasteiger partial charge in [-0.3, -0.25) is 9.36 Å². The molecule has 1 heterocycles. The monoisotopic (exact) mass is 436 g/mol. The van der Waals surface area contributed by atoms with Crippen LogP contribution in [0.3, 0.4) is 0 Å². The Morgan fingerprint density at radius 3 is 2.45 bits per heavy atom. The highest BCUT2D eigenvalue weighted by molar-refractivity contribution is 8.00. The Balaban J connectivity index is 1.58. The van der Waals surface area contributed by atoms with E-state index in [4.69, 9.17) is 4.74 Å². The third kappa shape index (κ3) is 5.10. The van der Waals surface area contributed by atoms with Gasteiger partial charge in [0.05, 0.1) is 12.4 Å². The highest BCUT2D eigenvalue weighted by atomic mass is 32.2. The number of para-hydroxylation sites is 1. The van der Waals surface area contributed by atoms with Crippen molar-refractivity contribution in [2.75, 3.05) is 12.4 Å². The molecule has 0 aliphatic heterocycles. The fourth-order valence-corrected chi connectivity index (χ4v) is 4.86. The molecular formula is C24H28N4O2S. The summed E-state index contributed by atoms with van der Waals surface area (Å²) in [5.41, 5.74) is 1.81. The van der Waals surface area contributed by atoms with Crippen LogP contribution in [0.25, 0.3) is 11.4 Å². The van der Waals surface area contributed by atoms with Gasteiger partial charge in [0.2, 0.25) is 5.91 Å². The van der Waals surface area contributed by atoms with Crippen molar-refractivity contribution in [1.82, 2.24) is 14.8 Å². The Kier molecular flexibility index (Phi) is 6.92. The van der Waals surface area contributed by atoms with E-state index in [2.05, 4.69) is 20.1 Å². The van der Waals surface area contributed by atoms with Crippen LogP contribution in [0.5, 0.6) is 5.75 Å². The van der Waals surface area contributed by atoms with Gasteiger partial charge in [0.1, 0.15) is 5.75 Å². The molecule has 0 bridgehead atoms. The summed E-state index contributed by atoms with van der Waals surface area (Å²) in [6, 6.07) is 17.8. The number of thioether (sulfide) groups is 1. The molecule has 1 fully saturated rings. The smallest absolute Gasteiger partial charge is 0.237 e. The number of nitrogens with one attached hydrogen (secondary N) is 1. The predicted octanol–water partition coefficient (Wildman–Crippen LogP) is 5.58. The summed E-state index contributed by atoms with van der Waals surface area (Å²) in [5, 5.41) is 12.5. The van der Waals surface area contributed by atoms with Gasteiger partial charge in [0.15, 0.2) is 11.0 Å². The van der Waals surface area contributed by atoms with Crippen LogP contribution in [0.2, 0.25) is 0 Å². The minimum absolute atomic E-state index is 0.0413. The van der Waals surface area contributed by atoms with E-state index in [0.29, 0.717) is 6.04 Å². The largest absolute Gasteiger partial charge is 0.497 e. The summed E-state index contributed by atoms with van der Waals surface area (Å²) in [7, 11) is 1.66. The highest BCUT2D eigenvalue weighted by Gasteiger charge is 2.26. The van der Waals surface area contributed by atoms with Gasteiger partial charge in [-0.2, -0.15) is 0 Å². The summed E-state index contributed by atoms with van der Waals surface area (Å²) in [6.45, 7) is 1.91. The maximum Gasteiger partial charge on any atom is 0.237 e. The van der Waals surface area contributed by atoms with E-state index in [-0.39, 0.29) is 11.2 Å². The first-order valence-corrected chi connectivity index (χ1v) is 11.7.